The van der Waals surface area contributed by atoms with Crippen LogP contribution in [0.5, 0.6) is 0 Å². The smallest absolute Gasteiger partial charge is 0.267 e. The summed E-state index contributed by atoms with van der Waals surface area (Å²) in [5, 5.41) is 19.6. The van der Waals surface area contributed by atoms with Gasteiger partial charge in [-0.15, -0.1) is 11.3 Å². The Kier molecular flexibility index (Phi) is 5.53. The van der Waals surface area contributed by atoms with E-state index in [4.69, 9.17) is 0 Å². The van der Waals surface area contributed by atoms with Crippen molar-refractivity contribution in [2.24, 2.45) is 0 Å². The van der Waals surface area contributed by atoms with Crippen LogP contribution in [0.1, 0.15) is 25.5 Å². The van der Waals surface area contributed by atoms with Gasteiger partial charge < -0.3 is 10.4 Å². The summed E-state index contributed by atoms with van der Waals surface area (Å²) in [6.45, 7) is 3.41. The highest BCUT2D eigenvalue weighted by atomic mass is 32.1. The van der Waals surface area contributed by atoms with Crippen LogP contribution in [0.4, 0.5) is 0 Å². The second-order valence-corrected chi connectivity index (χ2v) is 7.42. The summed E-state index contributed by atoms with van der Waals surface area (Å²) in [4.78, 5) is 25.6. The van der Waals surface area contributed by atoms with Crippen LogP contribution in [0.2, 0.25) is 0 Å². The zero-order valence-corrected chi connectivity index (χ0v) is 15.9. The third-order valence-electron chi connectivity index (χ3n) is 4.35. The number of carbonyl (C=O) groups is 1. The molecule has 0 radical (unpaired) electrons. The lowest BCUT2D eigenvalue weighted by Crippen LogP contribution is -2.44. The summed E-state index contributed by atoms with van der Waals surface area (Å²) in [5.41, 5.74) is -0.686. The summed E-state index contributed by atoms with van der Waals surface area (Å²) >= 11 is 1.54. The van der Waals surface area contributed by atoms with Crippen molar-refractivity contribution < 1.29 is 9.90 Å². The van der Waals surface area contributed by atoms with Crippen molar-refractivity contribution in [3.63, 3.8) is 0 Å². The van der Waals surface area contributed by atoms with Crippen molar-refractivity contribution in [1.29, 1.82) is 0 Å². The van der Waals surface area contributed by atoms with Crippen LogP contribution in [0.25, 0.3) is 10.6 Å². The Morgan fingerprint density at radius 3 is 2.63 bits per heavy atom. The Balaban J connectivity index is 1.72. The summed E-state index contributed by atoms with van der Waals surface area (Å²) in [5.74, 6) is -0.525. The molecule has 0 spiro atoms. The molecule has 0 aliphatic rings. The topological polar surface area (TPSA) is 84.2 Å². The quantitative estimate of drug-likeness (QED) is 0.685. The number of thiophene rings is 1. The predicted octanol–water partition coefficient (Wildman–Crippen LogP) is 2.56. The average Bonchev–Trinajstić information content (AvgIpc) is 3.21. The lowest BCUT2D eigenvalue weighted by molar-refractivity contribution is -0.139. The van der Waals surface area contributed by atoms with Crippen molar-refractivity contribution in [2.75, 3.05) is 6.54 Å². The summed E-state index contributed by atoms with van der Waals surface area (Å²) in [7, 11) is 0. The Bertz CT molecular complexity index is 966. The number of hydrogen-bond acceptors (Lipinski definition) is 5. The SMILES string of the molecule is C[C@@H](CNC(=O)[C@](C)(O)c1ccccc1)n1nc(-c2cccs2)ccc1=O. The minimum absolute atomic E-state index is 0.169. The molecule has 1 aromatic carbocycles. The molecule has 7 heteroatoms. The van der Waals surface area contributed by atoms with E-state index in [1.807, 2.05) is 23.6 Å². The van der Waals surface area contributed by atoms with Crippen LogP contribution in [-0.2, 0) is 10.4 Å². The molecular weight excluding hydrogens is 362 g/mol. The normalized spacial score (nSPS) is 14.3. The second kappa shape index (κ2) is 7.85. The molecule has 2 atom stereocenters. The molecular formula is C20H21N3O3S. The third-order valence-corrected chi connectivity index (χ3v) is 5.24. The number of aliphatic hydroxyl groups is 1. The van der Waals surface area contributed by atoms with E-state index >= 15 is 0 Å². The molecule has 2 aromatic heterocycles. The molecule has 0 bridgehead atoms. The van der Waals surface area contributed by atoms with Gasteiger partial charge in [0.2, 0.25) is 0 Å². The largest absolute Gasteiger partial charge is 0.376 e. The van der Waals surface area contributed by atoms with Gasteiger partial charge in [-0.3, -0.25) is 9.59 Å². The number of hydrogen-bond donors (Lipinski definition) is 2. The fraction of sp³-hybridized carbons (Fsp3) is 0.250. The van der Waals surface area contributed by atoms with Crippen LogP contribution in [-0.4, -0.2) is 27.3 Å². The average molecular weight is 383 g/mol. The van der Waals surface area contributed by atoms with E-state index in [1.54, 1.807) is 48.6 Å². The van der Waals surface area contributed by atoms with Crippen LogP contribution in [0.15, 0.2) is 64.8 Å². The van der Waals surface area contributed by atoms with E-state index < -0.39 is 11.5 Å². The molecule has 0 unspecified atom stereocenters. The zero-order chi connectivity index (χ0) is 19.4. The van der Waals surface area contributed by atoms with Gasteiger partial charge in [-0.25, -0.2) is 4.68 Å². The van der Waals surface area contributed by atoms with Gasteiger partial charge in [0, 0.05) is 12.6 Å². The van der Waals surface area contributed by atoms with Gasteiger partial charge in [-0.2, -0.15) is 5.10 Å². The number of carbonyl (C=O) groups excluding carboxylic acids is 1. The molecule has 140 valence electrons. The highest BCUT2D eigenvalue weighted by Crippen LogP contribution is 2.22. The highest BCUT2D eigenvalue weighted by Gasteiger charge is 2.32. The maximum Gasteiger partial charge on any atom is 0.267 e. The van der Waals surface area contributed by atoms with Crippen molar-refractivity contribution in [3.05, 3.63) is 75.9 Å². The molecule has 6 nitrogen and oxygen atoms in total. The fourth-order valence-corrected chi connectivity index (χ4v) is 3.38. The predicted molar refractivity (Wildman–Crippen MR) is 106 cm³/mol. The maximum atomic E-state index is 12.5. The van der Waals surface area contributed by atoms with E-state index in [0.29, 0.717) is 11.3 Å². The standard InChI is InChI=1S/C20H21N3O3S/c1-14(13-21-19(25)20(2,26)15-7-4-3-5-8-15)23-18(24)11-10-16(22-23)17-9-6-12-27-17/h3-12,14,26H,13H2,1-2H3,(H,21,25)/t14-,20+/m0/s1. The number of aromatic nitrogens is 2. The van der Waals surface area contributed by atoms with Crippen molar-refractivity contribution >= 4 is 17.2 Å². The zero-order valence-electron chi connectivity index (χ0n) is 15.1. The van der Waals surface area contributed by atoms with E-state index in [9.17, 15) is 14.7 Å². The lowest BCUT2D eigenvalue weighted by Gasteiger charge is -2.24. The molecule has 27 heavy (non-hydrogen) atoms. The van der Waals surface area contributed by atoms with Crippen molar-refractivity contribution in [3.8, 4) is 10.6 Å². The molecule has 1 amide bonds. The summed E-state index contributed by atoms with van der Waals surface area (Å²) in [6, 6.07) is 15.4. The van der Waals surface area contributed by atoms with Crippen LogP contribution < -0.4 is 10.9 Å². The van der Waals surface area contributed by atoms with Gasteiger partial charge >= 0.3 is 0 Å². The molecule has 2 N–H and O–H groups in total. The molecule has 2 heterocycles. The molecule has 0 fully saturated rings. The van der Waals surface area contributed by atoms with Gasteiger partial charge in [0.15, 0.2) is 5.60 Å². The highest BCUT2D eigenvalue weighted by molar-refractivity contribution is 7.13. The molecule has 0 aliphatic carbocycles. The van der Waals surface area contributed by atoms with E-state index in [0.717, 1.165) is 4.88 Å². The van der Waals surface area contributed by atoms with Gasteiger partial charge in [0.1, 0.15) is 5.69 Å². The number of amides is 1. The van der Waals surface area contributed by atoms with Gasteiger partial charge in [-0.1, -0.05) is 36.4 Å². The summed E-state index contributed by atoms with van der Waals surface area (Å²) in [6.07, 6.45) is 0. The first-order valence-corrected chi connectivity index (χ1v) is 9.47. The Morgan fingerprint density at radius 1 is 1.22 bits per heavy atom. The molecule has 0 saturated carbocycles. The lowest BCUT2D eigenvalue weighted by atomic mass is 9.95. The minimum Gasteiger partial charge on any atom is -0.376 e. The Labute approximate surface area is 161 Å². The van der Waals surface area contributed by atoms with E-state index in [-0.39, 0.29) is 18.1 Å². The van der Waals surface area contributed by atoms with Gasteiger partial charge in [0.25, 0.3) is 11.5 Å². The molecule has 3 rings (SSSR count). The summed E-state index contributed by atoms with van der Waals surface area (Å²) < 4.78 is 1.35. The van der Waals surface area contributed by atoms with E-state index in [1.165, 1.54) is 17.7 Å². The van der Waals surface area contributed by atoms with E-state index in [2.05, 4.69) is 10.4 Å². The van der Waals surface area contributed by atoms with Crippen LogP contribution in [0.3, 0.4) is 0 Å². The molecule has 0 aliphatic heterocycles. The van der Waals surface area contributed by atoms with Crippen molar-refractivity contribution in [2.45, 2.75) is 25.5 Å². The minimum atomic E-state index is -1.65. The molecule has 0 saturated heterocycles. The Morgan fingerprint density at radius 2 is 1.96 bits per heavy atom. The van der Waals surface area contributed by atoms with Crippen molar-refractivity contribution in [1.82, 2.24) is 15.1 Å². The number of nitrogens with zero attached hydrogens (tertiary/aromatic N) is 2. The first-order valence-electron chi connectivity index (χ1n) is 8.59. The maximum absolute atomic E-state index is 12.5. The monoisotopic (exact) mass is 383 g/mol. The number of rotatable bonds is 6. The Hall–Kier alpha value is -2.77. The number of benzene rings is 1. The van der Waals surface area contributed by atoms with Gasteiger partial charge in [0.05, 0.1) is 10.9 Å². The van der Waals surface area contributed by atoms with Crippen LogP contribution in [0, 0.1) is 0 Å². The first-order chi connectivity index (χ1) is 12.9. The third kappa shape index (κ3) is 4.15. The van der Waals surface area contributed by atoms with Gasteiger partial charge in [-0.05, 0) is 36.9 Å². The molecule has 3 aromatic rings. The fourth-order valence-electron chi connectivity index (χ4n) is 2.69. The second-order valence-electron chi connectivity index (χ2n) is 6.48. The first kappa shape index (κ1) is 19.0. The number of nitrogens with one attached hydrogen (secondary N) is 1. The van der Waals surface area contributed by atoms with Crippen LogP contribution >= 0.6 is 11.3 Å².